The van der Waals surface area contributed by atoms with Crippen molar-refractivity contribution < 1.29 is 14.6 Å². The van der Waals surface area contributed by atoms with Crippen LogP contribution in [-0.2, 0) is 6.61 Å². The van der Waals surface area contributed by atoms with E-state index in [4.69, 9.17) is 9.84 Å². The number of benzene rings is 1. The second kappa shape index (κ2) is 5.45. The fourth-order valence-electron chi connectivity index (χ4n) is 2.15. The van der Waals surface area contributed by atoms with Crippen molar-refractivity contribution >= 4 is 17.3 Å². The van der Waals surface area contributed by atoms with Crippen LogP contribution in [0.15, 0.2) is 23.6 Å². The lowest BCUT2D eigenvalue weighted by atomic mass is 10.0. The molecule has 19 heavy (non-hydrogen) atoms. The largest absolute Gasteiger partial charge is 0.487 e. The van der Waals surface area contributed by atoms with E-state index in [0.717, 1.165) is 5.56 Å². The van der Waals surface area contributed by atoms with Gasteiger partial charge in [0.1, 0.15) is 12.4 Å². The molecule has 1 heterocycles. The predicted molar refractivity (Wildman–Crippen MR) is 76.3 cm³/mol. The molecule has 4 heteroatoms. The summed E-state index contributed by atoms with van der Waals surface area (Å²) in [5, 5.41) is 10.8. The maximum atomic E-state index is 11.0. The molecule has 0 bridgehead atoms. The zero-order valence-corrected chi connectivity index (χ0v) is 12.0. The van der Waals surface area contributed by atoms with Gasteiger partial charge in [-0.3, -0.25) is 0 Å². The standard InChI is InChI=1S/C15H16O3S/c1-9-6-10(2)12(11(3)7-9)8-18-13-4-5-19-14(13)15(16)17/h4-7H,8H2,1-3H3,(H,16,17). The van der Waals surface area contributed by atoms with Crippen LogP contribution in [-0.4, -0.2) is 11.1 Å². The molecule has 0 spiro atoms. The molecule has 0 atom stereocenters. The Balaban J connectivity index is 2.19. The highest BCUT2D eigenvalue weighted by molar-refractivity contribution is 7.12. The van der Waals surface area contributed by atoms with Gasteiger partial charge in [0.15, 0.2) is 4.88 Å². The Kier molecular flexibility index (Phi) is 3.90. The van der Waals surface area contributed by atoms with Gasteiger partial charge in [-0.05, 0) is 48.9 Å². The third kappa shape index (κ3) is 2.96. The van der Waals surface area contributed by atoms with Crippen molar-refractivity contribution in [3.05, 3.63) is 50.7 Å². The fraction of sp³-hybridized carbons (Fsp3) is 0.267. The van der Waals surface area contributed by atoms with E-state index in [9.17, 15) is 4.79 Å². The van der Waals surface area contributed by atoms with Crippen LogP contribution in [0.1, 0.15) is 31.9 Å². The van der Waals surface area contributed by atoms with Crippen LogP contribution in [0.4, 0.5) is 0 Å². The summed E-state index contributed by atoms with van der Waals surface area (Å²) in [4.78, 5) is 11.3. The van der Waals surface area contributed by atoms with E-state index >= 15 is 0 Å². The fourth-order valence-corrected chi connectivity index (χ4v) is 2.83. The number of aryl methyl sites for hydroxylation is 3. The summed E-state index contributed by atoms with van der Waals surface area (Å²) in [6.45, 7) is 6.55. The number of carboxylic acids is 1. The molecule has 0 fully saturated rings. The van der Waals surface area contributed by atoms with Gasteiger partial charge >= 0.3 is 5.97 Å². The molecule has 100 valence electrons. The summed E-state index contributed by atoms with van der Waals surface area (Å²) < 4.78 is 5.66. The molecule has 1 aromatic heterocycles. The highest BCUT2D eigenvalue weighted by Gasteiger charge is 2.13. The second-order valence-electron chi connectivity index (χ2n) is 4.59. The van der Waals surface area contributed by atoms with Crippen molar-refractivity contribution in [2.75, 3.05) is 0 Å². The number of hydrogen-bond donors (Lipinski definition) is 1. The summed E-state index contributed by atoms with van der Waals surface area (Å²) in [5.41, 5.74) is 4.68. The first kappa shape index (κ1) is 13.6. The van der Waals surface area contributed by atoms with Gasteiger partial charge in [-0.15, -0.1) is 11.3 Å². The van der Waals surface area contributed by atoms with Crippen molar-refractivity contribution in [2.45, 2.75) is 27.4 Å². The lowest BCUT2D eigenvalue weighted by Crippen LogP contribution is -2.03. The molecule has 0 aliphatic heterocycles. The van der Waals surface area contributed by atoms with Crippen LogP contribution in [0.2, 0.25) is 0 Å². The molecule has 0 aliphatic rings. The van der Waals surface area contributed by atoms with Crippen LogP contribution < -0.4 is 4.74 Å². The maximum absolute atomic E-state index is 11.0. The van der Waals surface area contributed by atoms with E-state index in [-0.39, 0.29) is 4.88 Å². The molecule has 0 saturated carbocycles. The highest BCUT2D eigenvalue weighted by Crippen LogP contribution is 2.26. The third-order valence-corrected chi connectivity index (χ3v) is 3.92. The van der Waals surface area contributed by atoms with Crippen molar-refractivity contribution in [1.29, 1.82) is 0 Å². The monoisotopic (exact) mass is 276 g/mol. The SMILES string of the molecule is Cc1cc(C)c(COc2ccsc2C(=O)O)c(C)c1. The van der Waals surface area contributed by atoms with E-state index in [0.29, 0.717) is 12.4 Å². The zero-order valence-electron chi connectivity index (χ0n) is 11.2. The van der Waals surface area contributed by atoms with Gasteiger partial charge in [-0.2, -0.15) is 0 Å². The number of carbonyl (C=O) groups is 1. The van der Waals surface area contributed by atoms with Gasteiger partial charge in [-0.1, -0.05) is 17.7 Å². The summed E-state index contributed by atoms with van der Waals surface area (Å²) in [6, 6.07) is 5.92. The minimum absolute atomic E-state index is 0.252. The first-order valence-corrected chi connectivity index (χ1v) is 6.87. The summed E-state index contributed by atoms with van der Waals surface area (Å²) in [6.07, 6.45) is 0. The number of thiophene rings is 1. The Labute approximate surface area is 116 Å². The van der Waals surface area contributed by atoms with Gasteiger partial charge in [0, 0.05) is 0 Å². The van der Waals surface area contributed by atoms with Gasteiger partial charge in [0.25, 0.3) is 0 Å². The minimum atomic E-state index is -0.942. The molecule has 2 rings (SSSR count). The van der Waals surface area contributed by atoms with Crippen molar-refractivity contribution in [1.82, 2.24) is 0 Å². The summed E-state index contributed by atoms with van der Waals surface area (Å²) in [7, 11) is 0. The van der Waals surface area contributed by atoms with E-state index in [1.165, 1.54) is 28.0 Å². The van der Waals surface area contributed by atoms with Gasteiger partial charge < -0.3 is 9.84 Å². The van der Waals surface area contributed by atoms with E-state index in [1.54, 1.807) is 11.4 Å². The Hall–Kier alpha value is -1.81. The van der Waals surface area contributed by atoms with Crippen LogP contribution in [0.25, 0.3) is 0 Å². The molecule has 1 aromatic carbocycles. The first-order chi connectivity index (χ1) is 8.99. The zero-order chi connectivity index (χ0) is 14.0. The lowest BCUT2D eigenvalue weighted by molar-refractivity contribution is 0.0697. The molecule has 3 nitrogen and oxygen atoms in total. The second-order valence-corrected chi connectivity index (χ2v) is 5.50. The van der Waals surface area contributed by atoms with Crippen molar-refractivity contribution in [3.8, 4) is 5.75 Å². The third-order valence-electron chi connectivity index (χ3n) is 3.04. The van der Waals surface area contributed by atoms with Crippen molar-refractivity contribution in [3.63, 3.8) is 0 Å². The molecule has 2 aromatic rings. The van der Waals surface area contributed by atoms with Gasteiger partial charge in [0.2, 0.25) is 0 Å². The number of ether oxygens (including phenoxy) is 1. The number of carboxylic acid groups (broad SMARTS) is 1. The average Bonchev–Trinajstić information content (AvgIpc) is 2.75. The Morgan fingerprint density at radius 3 is 2.47 bits per heavy atom. The van der Waals surface area contributed by atoms with E-state index in [1.807, 2.05) is 13.8 Å². The topological polar surface area (TPSA) is 46.5 Å². The summed E-state index contributed by atoms with van der Waals surface area (Å²) in [5.74, 6) is -0.501. The molecular formula is C15H16O3S. The van der Waals surface area contributed by atoms with Gasteiger partial charge in [-0.25, -0.2) is 4.79 Å². The predicted octanol–water partition coefficient (Wildman–Crippen LogP) is 3.95. The Morgan fingerprint density at radius 2 is 1.89 bits per heavy atom. The molecular weight excluding hydrogens is 260 g/mol. The molecule has 1 N–H and O–H groups in total. The van der Waals surface area contributed by atoms with Crippen molar-refractivity contribution in [2.24, 2.45) is 0 Å². The minimum Gasteiger partial charge on any atom is -0.487 e. The first-order valence-electron chi connectivity index (χ1n) is 5.99. The van der Waals surface area contributed by atoms with Crippen LogP contribution in [0, 0.1) is 20.8 Å². The number of rotatable bonds is 4. The highest BCUT2D eigenvalue weighted by atomic mass is 32.1. The molecule has 0 saturated heterocycles. The Bertz CT molecular complexity index is 591. The quantitative estimate of drug-likeness (QED) is 0.919. The van der Waals surface area contributed by atoms with E-state index < -0.39 is 5.97 Å². The van der Waals surface area contributed by atoms with Crippen LogP contribution in [0.5, 0.6) is 5.75 Å². The average molecular weight is 276 g/mol. The number of aromatic carboxylic acids is 1. The molecule has 0 unspecified atom stereocenters. The molecule has 0 aliphatic carbocycles. The Morgan fingerprint density at radius 1 is 1.26 bits per heavy atom. The van der Waals surface area contributed by atoms with E-state index in [2.05, 4.69) is 19.1 Å². The molecule has 0 amide bonds. The van der Waals surface area contributed by atoms with Crippen LogP contribution in [0.3, 0.4) is 0 Å². The lowest BCUT2D eigenvalue weighted by Gasteiger charge is -2.12. The maximum Gasteiger partial charge on any atom is 0.349 e. The van der Waals surface area contributed by atoms with Gasteiger partial charge in [0.05, 0.1) is 0 Å². The normalized spacial score (nSPS) is 10.5. The smallest absolute Gasteiger partial charge is 0.349 e. The summed E-state index contributed by atoms with van der Waals surface area (Å²) >= 11 is 1.18. The number of hydrogen-bond acceptors (Lipinski definition) is 3. The van der Waals surface area contributed by atoms with Crippen LogP contribution >= 0.6 is 11.3 Å². The molecule has 0 radical (unpaired) electrons.